The Morgan fingerprint density at radius 3 is 2.36 bits per heavy atom. The highest BCUT2D eigenvalue weighted by Gasteiger charge is 2.20. The summed E-state index contributed by atoms with van der Waals surface area (Å²) in [6.07, 6.45) is 1.60. The molecule has 0 aromatic rings. The highest BCUT2D eigenvalue weighted by Crippen LogP contribution is 2.05. The average molecular weight is 202 g/mol. The second-order valence-electron chi connectivity index (χ2n) is 3.71. The van der Waals surface area contributed by atoms with Gasteiger partial charge in [0.15, 0.2) is 0 Å². The lowest BCUT2D eigenvalue weighted by Crippen LogP contribution is -2.49. The fourth-order valence-electron chi connectivity index (χ4n) is 1.09. The zero-order chi connectivity index (χ0) is 11.1. The number of nitrogens with one attached hydrogen (secondary N) is 1. The summed E-state index contributed by atoms with van der Waals surface area (Å²) in [6.45, 7) is 5.83. The topological polar surface area (TPSA) is 75.3 Å². The van der Waals surface area contributed by atoms with E-state index in [4.69, 9.17) is 10.8 Å². The molecule has 0 saturated carbocycles. The van der Waals surface area contributed by atoms with E-state index >= 15 is 0 Å². The summed E-state index contributed by atoms with van der Waals surface area (Å²) in [5.41, 5.74) is 5.74. The van der Waals surface area contributed by atoms with Crippen molar-refractivity contribution in [2.75, 3.05) is 6.61 Å². The number of carbonyl (C=O) groups excluding carboxylic acids is 1. The van der Waals surface area contributed by atoms with E-state index < -0.39 is 6.04 Å². The van der Waals surface area contributed by atoms with Crippen molar-refractivity contribution in [2.45, 2.75) is 45.7 Å². The van der Waals surface area contributed by atoms with Crippen LogP contribution in [0, 0.1) is 5.92 Å². The van der Waals surface area contributed by atoms with Gasteiger partial charge < -0.3 is 16.2 Å². The largest absolute Gasteiger partial charge is 0.394 e. The number of amides is 1. The van der Waals surface area contributed by atoms with E-state index in [1.807, 2.05) is 20.8 Å². The predicted octanol–water partition coefficient (Wildman–Crippen LogP) is 0.247. The Labute approximate surface area is 85.9 Å². The van der Waals surface area contributed by atoms with Gasteiger partial charge in [0, 0.05) is 0 Å². The minimum atomic E-state index is -0.472. The molecule has 4 N–H and O–H groups in total. The van der Waals surface area contributed by atoms with Gasteiger partial charge in [0.2, 0.25) is 5.91 Å². The van der Waals surface area contributed by atoms with Crippen molar-refractivity contribution < 1.29 is 9.90 Å². The third-order valence-corrected chi connectivity index (χ3v) is 2.62. The first kappa shape index (κ1) is 13.4. The molecular weight excluding hydrogens is 180 g/mol. The maximum atomic E-state index is 11.5. The highest BCUT2D eigenvalue weighted by atomic mass is 16.3. The van der Waals surface area contributed by atoms with E-state index in [9.17, 15) is 4.79 Å². The summed E-state index contributed by atoms with van der Waals surface area (Å²) in [4.78, 5) is 11.5. The van der Waals surface area contributed by atoms with E-state index in [2.05, 4.69) is 5.32 Å². The molecule has 0 aliphatic carbocycles. The number of aliphatic hydroxyl groups is 1. The molecule has 14 heavy (non-hydrogen) atoms. The summed E-state index contributed by atoms with van der Waals surface area (Å²) in [6, 6.07) is -0.641. The lowest BCUT2D eigenvalue weighted by atomic mass is 9.99. The second-order valence-corrected chi connectivity index (χ2v) is 3.71. The molecular formula is C10H22N2O2. The monoisotopic (exact) mass is 202 g/mol. The maximum Gasteiger partial charge on any atom is 0.237 e. The smallest absolute Gasteiger partial charge is 0.237 e. The summed E-state index contributed by atoms with van der Waals surface area (Å²) in [5.74, 6) is 0.00597. The number of hydrogen-bond acceptors (Lipinski definition) is 3. The Bertz CT molecular complexity index is 170. The molecule has 84 valence electrons. The minimum Gasteiger partial charge on any atom is -0.394 e. The first-order chi connectivity index (χ1) is 6.56. The molecule has 0 rings (SSSR count). The van der Waals surface area contributed by atoms with Gasteiger partial charge in [-0.25, -0.2) is 0 Å². The lowest BCUT2D eigenvalue weighted by Gasteiger charge is -2.21. The first-order valence-corrected chi connectivity index (χ1v) is 5.23. The van der Waals surface area contributed by atoms with Gasteiger partial charge in [0.1, 0.15) is 0 Å². The number of aliphatic hydroxyl groups excluding tert-OH is 1. The van der Waals surface area contributed by atoms with Crippen LogP contribution < -0.4 is 11.1 Å². The lowest BCUT2D eigenvalue weighted by molar-refractivity contribution is -0.124. The van der Waals surface area contributed by atoms with Gasteiger partial charge >= 0.3 is 0 Å². The number of carbonyl (C=O) groups is 1. The van der Waals surface area contributed by atoms with Crippen LogP contribution in [0.1, 0.15) is 33.6 Å². The van der Waals surface area contributed by atoms with Crippen molar-refractivity contribution in [3.05, 3.63) is 0 Å². The zero-order valence-corrected chi connectivity index (χ0v) is 9.29. The van der Waals surface area contributed by atoms with Gasteiger partial charge in [-0.2, -0.15) is 0 Å². The van der Waals surface area contributed by atoms with E-state index in [-0.39, 0.29) is 24.5 Å². The zero-order valence-electron chi connectivity index (χ0n) is 9.29. The Hall–Kier alpha value is -0.610. The third-order valence-electron chi connectivity index (χ3n) is 2.62. The van der Waals surface area contributed by atoms with Crippen LogP contribution in [0.4, 0.5) is 0 Å². The van der Waals surface area contributed by atoms with E-state index in [0.717, 1.165) is 12.8 Å². The SMILES string of the molecule is CC[C@@H](CO)NC(=O)[C@@H](N)[C@@H](C)CC. The van der Waals surface area contributed by atoms with E-state index in [0.29, 0.717) is 0 Å². The Kier molecular flexibility index (Phi) is 6.49. The summed E-state index contributed by atoms with van der Waals surface area (Å²) in [7, 11) is 0. The number of hydrogen-bond donors (Lipinski definition) is 3. The summed E-state index contributed by atoms with van der Waals surface area (Å²) in [5, 5.41) is 11.6. The fraction of sp³-hybridized carbons (Fsp3) is 0.900. The predicted molar refractivity (Wildman–Crippen MR) is 56.7 cm³/mol. The molecule has 0 saturated heterocycles. The van der Waals surface area contributed by atoms with Crippen molar-refractivity contribution >= 4 is 5.91 Å². The summed E-state index contributed by atoms with van der Waals surface area (Å²) >= 11 is 0. The molecule has 0 aliphatic rings. The van der Waals surface area contributed by atoms with Gasteiger partial charge in [-0.1, -0.05) is 27.2 Å². The normalized spacial score (nSPS) is 17.2. The van der Waals surface area contributed by atoms with Crippen LogP contribution in [0.25, 0.3) is 0 Å². The van der Waals surface area contributed by atoms with Gasteiger partial charge in [-0.05, 0) is 12.3 Å². The third kappa shape index (κ3) is 4.07. The molecule has 0 aromatic heterocycles. The van der Waals surface area contributed by atoms with Gasteiger partial charge in [0.25, 0.3) is 0 Å². The molecule has 0 heterocycles. The Balaban J connectivity index is 4.06. The van der Waals surface area contributed by atoms with Crippen molar-refractivity contribution in [3.63, 3.8) is 0 Å². The maximum absolute atomic E-state index is 11.5. The van der Waals surface area contributed by atoms with Crippen LogP contribution in [0.15, 0.2) is 0 Å². The van der Waals surface area contributed by atoms with Crippen LogP contribution in [0.5, 0.6) is 0 Å². The quantitative estimate of drug-likeness (QED) is 0.578. The van der Waals surface area contributed by atoms with Crippen LogP contribution in [-0.2, 0) is 4.79 Å². The van der Waals surface area contributed by atoms with Crippen LogP contribution in [0.2, 0.25) is 0 Å². The molecule has 0 bridgehead atoms. The summed E-state index contributed by atoms with van der Waals surface area (Å²) < 4.78 is 0. The highest BCUT2D eigenvalue weighted by molar-refractivity contribution is 5.82. The molecule has 0 radical (unpaired) electrons. The fourth-order valence-corrected chi connectivity index (χ4v) is 1.09. The van der Waals surface area contributed by atoms with Crippen LogP contribution >= 0.6 is 0 Å². The number of nitrogens with two attached hydrogens (primary N) is 1. The van der Waals surface area contributed by atoms with Crippen LogP contribution in [-0.4, -0.2) is 29.7 Å². The Morgan fingerprint density at radius 1 is 1.43 bits per heavy atom. The van der Waals surface area contributed by atoms with Crippen molar-refractivity contribution in [3.8, 4) is 0 Å². The minimum absolute atomic E-state index is 0.0323. The molecule has 0 fully saturated rings. The van der Waals surface area contributed by atoms with Crippen molar-refractivity contribution in [2.24, 2.45) is 11.7 Å². The Morgan fingerprint density at radius 2 is 2.00 bits per heavy atom. The van der Waals surface area contributed by atoms with Gasteiger partial charge in [-0.15, -0.1) is 0 Å². The van der Waals surface area contributed by atoms with E-state index in [1.54, 1.807) is 0 Å². The van der Waals surface area contributed by atoms with Crippen LogP contribution in [0.3, 0.4) is 0 Å². The van der Waals surface area contributed by atoms with E-state index in [1.165, 1.54) is 0 Å². The molecule has 4 nitrogen and oxygen atoms in total. The molecule has 0 aromatic carbocycles. The molecule has 4 heteroatoms. The standard InChI is InChI=1S/C10H22N2O2/c1-4-7(3)9(11)10(14)12-8(5-2)6-13/h7-9,13H,4-6,11H2,1-3H3,(H,12,14)/t7-,8-,9-/m0/s1. The average Bonchev–Trinajstić information content (AvgIpc) is 2.23. The molecule has 0 spiro atoms. The second kappa shape index (κ2) is 6.79. The molecule has 1 amide bonds. The van der Waals surface area contributed by atoms with Gasteiger partial charge in [-0.3, -0.25) is 4.79 Å². The number of rotatable bonds is 6. The first-order valence-electron chi connectivity index (χ1n) is 5.23. The van der Waals surface area contributed by atoms with Crippen molar-refractivity contribution in [1.82, 2.24) is 5.32 Å². The molecule has 0 unspecified atom stereocenters. The van der Waals surface area contributed by atoms with Gasteiger partial charge in [0.05, 0.1) is 18.7 Å². The molecule has 0 aliphatic heterocycles. The molecule has 3 atom stereocenters. The van der Waals surface area contributed by atoms with Crippen molar-refractivity contribution in [1.29, 1.82) is 0 Å².